The molecule has 0 aliphatic carbocycles. The fourth-order valence-electron chi connectivity index (χ4n) is 2.22. The number of nitrogens with one attached hydrogen (secondary N) is 1. The quantitative estimate of drug-likeness (QED) is 0.803. The van der Waals surface area contributed by atoms with E-state index in [1.807, 2.05) is 0 Å². The van der Waals surface area contributed by atoms with Crippen LogP contribution in [0.5, 0.6) is 5.75 Å². The second kappa shape index (κ2) is 5.41. The van der Waals surface area contributed by atoms with Crippen LogP contribution in [0.1, 0.15) is 5.82 Å². The number of aromatic nitrogens is 4. The van der Waals surface area contributed by atoms with Crippen LogP contribution in [0.25, 0.3) is 16.9 Å². The number of methoxy groups -OCH3 is 1. The Bertz CT molecular complexity index is 859. The molecule has 9 heteroatoms. The third-order valence-electron chi connectivity index (χ3n) is 3.20. The monoisotopic (exact) mass is 323 g/mol. The van der Waals surface area contributed by atoms with Crippen LogP contribution in [0.15, 0.2) is 30.5 Å². The molecule has 3 rings (SSSR count). The van der Waals surface area contributed by atoms with Crippen molar-refractivity contribution in [3.05, 3.63) is 36.3 Å². The van der Waals surface area contributed by atoms with Gasteiger partial charge >= 0.3 is 6.18 Å². The second-order valence-electron chi connectivity index (χ2n) is 4.59. The van der Waals surface area contributed by atoms with E-state index in [1.54, 1.807) is 31.3 Å². The lowest BCUT2D eigenvalue weighted by Gasteiger charge is -2.12. The highest BCUT2D eigenvalue weighted by molar-refractivity contribution is 5.77. The zero-order valence-electron chi connectivity index (χ0n) is 12.2. The lowest BCUT2D eigenvalue weighted by molar-refractivity contribution is -0.144. The minimum absolute atomic E-state index is 0.0428. The number of alkyl halides is 3. The second-order valence-corrected chi connectivity index (χ2v) is 4.59. The Labute approximate surface area is 129 Å². The van der Waals surface area contributed by atoms with E-state index in [0.29, 0.717) is 17.4 Å². The molecule has 0 saturated carbocycles. The maximum absolute atomic E-state index is 12.9. The summed E-state index contributed by atoms with van der Waals surface area (Å²) in [6, 6.07) is 6.91. The van der Waals surface area contributed by atoms with Crippen molar-refractivity contribution in [2.75, 3.05) is 19.5 Å². The van der Waals surface area contributed by atoms with Crippen molar-refractivity contribution in [2.45, 2.75) is 6.18 Å². The lowest BCUT2D eigenvalue weighted by atomic mass is 10.3. The van der Waals surface area contributed by atoms with E-state index in [9.17, 15) is 13.2 Å². The van der Waals surface area contributed by atoms with Gasteiger partial charge in [-0.15, -0.1) is 0 Å². The van der Waals surface area contributed by atoms with Crippen LogP contribution in [-0.4, -0.2) is 33.7 Å². The first-order chi connectivity index (χ1) is 11.0. The summed E-state index contributed by atoms with van der Waals surface area (Å²) in [5, 5.41) is 2.84. The Morgan fingerprint density at radius 2 is 1.91 bits per heavy atom. The number of hydrogen-bond acceptors (Lipinski definition) is 5. The highest BCUT2D eigenvalue weighted by atomic mass is 19.4. The molecule has 0 amide bonds. The standard InChI is InChI=1S/C14H12F3N5O/c1-18-13-20-8-7-19-12(14(15,16)17)21-11(8)22(13)9-5-3-4-6-10(9)23-2/h3-7H,1-2H3,(H,18,20). The SMILES string of the molecule is CNc1nc2cnc(C(F)(F)F)nc2n1-c1ccccc1OC. The first kappa shape index (κ1) is 15.1. The molecule has 0 aliphatic rings. The number of fused-ring (bicyclic) bond motifs is 1. The zero-order valence-corrected chi connectivity index (χ0v) is 12.2. The van der Waals surface area contributed by atoms with E-state index in [-0.39, 0.29) is 11.2 Å². The zero-order chi connectivity index (χ0) is 16.6. The fourth-order valence-corrected chi connectivity index (χ4v) is 2.22. The van der Waals surface area contributed by atoms with Crippen molar-refractivity contribution < 1.29 is 17.9 Å². The Balaban J connectivity index is 2.33. The summed E-state index contributed by atoms with van der Waals surface area (Å²) in [5.74, 6) is -0.405. The first-order valence-corrected chi connectivity index (χ1v) is 6.59. The van der Waals surface area contributed by atoms with Gasteiger partial charge in [0.2, 0.25) is 11.8 Å². The van der Waals surface area contributed by atoms with Crippen LogP contribution >= 0.6 is 0 Å². The summed E-state index contributed by atoms with van der Waals surface area (Å²) in [6.45, 7) is 0. The van der Waals surface area contributed by atoms with Crippen LogP contribution in [-0.2, 0) is 6.18 Å². The number of anilines is 1. The van der Waals surface area contributed by atoms with Gasteiger partial charge in [-0.2, -0.15) is 13.2 Å². The van der Waals surface area contributed by atoms with Crippen molar-refractivity contribution in [3.8, 4) is 11.4 Å². The average molecular weight is 323 g/mol. The Morgan fingerprint density at radius 3 is 2.57 bits per heavy atom. The van der Waals surface area contributed by atoms with Gasteiger partial charge in [0.15, 0.2) is 5.65 Å². The van der Waals surface area contributed by atoms with Gasteiger partial charge in [-0.3, -0.25) is 4.57 Å². The number of benzene rings is 1. The summed E-state index contributed by atoms with van der Waals surface area (Å²) in [6.07, 6.45) is -3.58. The van der Waals surface area contributed by atoms with E-state index >= 15 is 0 Å². The van der Waals surface area contributed by atoms with Crippen LogP contribution in [0, 0.1) is 0 Å². The number of halogens is 3. The van der Waals surface area contributed by atoms with Gasteiger partial charge in [-0.05, 0) is 12.1 Å². The summed E-state index contributed by atoms with van der Waals surface area (Å²) >= 11 is 0. The lowest BCUT2D eigenvalue weighted by Crippen LogP contribution is -2.12. The third-order valence-corrected chi connectivity index (χ3v) is 3.20. The van der Waals surface area contributed by atoms with E-state index < -0.39 is 12.0 Å². The Kier molecular flexibility index (Phi) is 3.55. The molecule has 1 N–H and O–H groups in total. The highest BCUT2D eigenvalue weighted by Crippen LogP contribution is 2.31. The van der Waals surface area contributed by atoms with Crippen LogP contribution < -0.4 is 10.1 Å². The molecule has 0 saturated heterocycles. The molecule has 0 unspecified atom stereocenters. The summed E-state index contributed by atoms with van der Waals surface area (Å²) in [7, 11) is 3.10. The molecule has 0 spiro atoms. The van der Waals surface area contributed by atoms with Crippen LogP contribution in [0.3, 0.4) is 0 Å². The molecule has 0 aliphatic heterocycles. The van der Waals surface area contributed by atoms with Crippen molar-refractivity contribution in [3.63, 3.8) is 0 Å². The number of nitrogens with zero attached hydrogens (tertiary/aromatic N) is 4. The number of imidazole rings is 1. The molecule has 1 aromatic carbocycles. The van der Waals surface area contributed by atoms with Crippen molar-refractivity contribution in [1.29, 1.82) is 0 Å². The van der Waals surface area contributed by atoms with E-state index in [2.05, 4.69) is 20.3 Å². The molecular formula is C14H12F3N5O. The molecule has 0 fully saturated rings. The first-order valence-electron chi connectivity index (χ1n) is 6.59. The molecule has 23 heavy (non-hydrogen) atoms. The van der Waals surface area contributed by atoms with Crippen molar-refractivity contribution in [2.24, 2.45) is 0 Å². The molecule has 3 aromatic rings. The molecule has 0 atom stereocenters. The minimum Gasteiger partial charge on any atom is -0.495 e. The molecule has 0 bridgehead atoms. The van der Waals surface area contributed by atoms with Crippen molar-refractivity contribution in [1.82, 2.24) is 19.5 Å². The predicted octanol–water partition coefficient (Wildman–Crippen LogP) is 2.88. The molecule has 120 valence electrons. The van der Waals surface area contributed by atoms with E-state index in [4.69, 9.17) is 4.74 Å². The topological polar surface area (TPSA) is 64.9 Å². The summed E-state index contributed by atoms with van der Waals surface area (Å²) in [4.78, 5) is 11.2. The van der Waals surface area contributed by atoms with E-state index in [1.165, 1.54) is 11.7 Å². The van der Waals surface area contributed by atoms with Gasteiger partial charge in [-0.1, -0.05) is 12.1 Å². The maximum Gasteiger partial charge on any atom is 0.451 e. The molecule has 0 radical (unpaired) electrons. The van der Waals surface area contributed by atoms with Crippen LogP contribution in [0.4, 0.5) is 19.1 Å². The predicted molar refractivity (Wildman–Crippen MR) is 77.8 cm³/mol. The summed E-state index contributed by atoms with van der Waals surface area (Å²) in [5.41, 5.74) is 0.808. The van der Waals surface area contributed by atoms with Gasteiger partial charge in [0.05, 0.1) is 19.0 Å². The normalized spacial score (nSPS) is 11.7. The Morgan fingerprint density at radius 1 is 1.17 bits per heavy atom. The van der Waals surface area contributed by atoms with Gasteiger partial charge in [0, 0.05) is 7.05 Å². The highest BCUT2D eigenvalue weighted by Gasteiger charge is 2.35. The van der Waals surface area contributed by atoms with Gasteiger partial charge < -0.3 is 10.1 Å². The average Bonchev–Trinajstić information content (AvgIpc) is 2.91. The Hall–Kier alpha value is -2.84. The fraction of sp³-hybridized carbons (Fsp3) is 0.214. The smallest absolute Gasteiger partial charge is 0.451 e. The molecular weight excluding hydrogens is 311 g/mol. The molecule has 2 heterocycles. The number of ether oxygens (including phenoxy) is 1. The molecule has 6 nitrogen and oxygen atoms in total. The van der Waals surface area contributed by atoms with Gasteiger partial charge in [-0.25, -0.2) is 15.0 Å². The number of rotatable bonds is 3. The minimum atomic E-state index is -4.64. The van der Waals surface area contributed by atoms with Gasteiger partial charge in [0.25, 0.3) is 0 Å². The van der Waals surface area contributed by atoms with Crippen molar-refractivity contribution >= 4 is 17.1 Å². The summed E-state index contributed by atoms with van der Waals surface area (Å²) < 4.78 is 45.4. The number of para-hydroxylation sites is 2. The molecule has 2 aromatic heterocycles. The van der Waals surface area contributed by atoms with Gasteiger partial charge in [0.1, 0.15) is 11.3 Å². The van der Waals surface area contributed by atoms with E-state index in [0.717, 1.165) is 6.20 Å². The number of hydrogen-bond donors (Lipinski definition) is 1. The third kappa shape index (κ3) is 2.54. The maximum atomic E-state index is 12.9. The van der Waals surface area contributed by atoms with Crippen LogP contribution in [0.2, 0.25) is 0 Å². The largest absolute Gasteiger partial charge is 0.495 e.